The summed E-state index contributed by atoms with van der Waals surface area (Å²) < 4.78 is 4.82. The van der Waals surface area contributed by atoms with Gasteiger partial charge in [0.2, 0.25) is 0 Å². The molecule has 0 fully saturated rings. The zero-order chi connectivity index (χ0) is 16.6. The van der Waals surface area contributed by atoms with Gasteiger partial charge in [0.25, 0.3) is 0 Å². The average molecular weight is 367 g/mol. The Bertz CT molecular complexity index is 839. The van der Waals surface area contributed by atoms with Crippen LogP contribution in [-0.4, -0.2) is 25.1 Å². The van der Waals surface area contributed by atoms with Gasteiger partial charge in [0.1, 0.15) is 0 Å². The SMILES string of the molecule is C[CH2][Ge]([C]#Cc1cc1=[N+]1C(=O)c2ccccc2C1=O)([CH2]C)[CH2]C. The topological polar surface area (TPSA) is 37.1 Å². The van der Waals surface area contributed by atoms with Crippen molar-refractivity contribution >= 4 is 25.1 Å². The van der Waals surface area contributed by atoms with E-state index < -0.39 is 13.3 Å². The zero-order valence-corrected chi connectivity index (χ0v) is 15.9. The first-order valence-electron chi connectivity index (χ1n) is 8.17. The Morgan fingerprint density at radius 2 is 1.48 bits per heavy atom. The minimum absolute atomic E-state index is 0.233. The molecule has 2 amide bonds. The molecular formula is C19H20GeNO2+. The molecule has 0 N–H and O–H groups in total. The van der Waals surface area contributed by atoms with Crippen molar-refractivity contribution < 1.29 is 9.59 Å². The Labute approximate surface area is 139 Å². The van der Waals surface area contributed by atoms with Gasteiger partial charge in [-0.15, -0.1) is 0 Å². The van der Waals surface area contributed by atoms with E-state index in [0.29, 0.717) is 16.5 Å². The van der Waals surface area contributed by atoms with Crippen molar-refractivity contribution in [2.45, 2.75) is 36.5 Å². The monoisotopic (exact) mass is 368 g/mol. The first kappa shape index (κ1) is 15.9. The van der Waals surface area contributed by atoms with E-state index >= 15 is 0 Å². The van der Waals surface area contributed by atoms with Crippen molar-refractivity contribution in [1.29, 1.82) is 0 Å². The van der Waals surface area contributed by atoms with Gasteiger partial charge in [-0.1, -0.05) is 0 Å². The summed E-state index contributed by atoms with van der Waals surface area (Å²) in [6.07, 6.45) is 0. The van der Waals surface area contributed by atoms with Crippen LogP contribution in [0.3, 0.4) is 0 Å². The van der Waals surface area contributed by atoms with Crippen LogP contribution >= 0.6 is 0 Å². The van der Waals surface area contributed by atoms with Crippen molar-refractivity contribution in [3.05, 3.63) is 52.4 Å². The van der Waals surface area contributed by atoms with Crippen LogP contribution in [0.1, 0.15) is 47.1 Å². The van der Waals surface area contributed by atoms with Gasteiger partial charge < -0.3 is 0 Å². The second-order valence-corrected chi connectivity index (χ2v) is 16.4. The van der Waals surface area contributed by atoms with Crippen molar-refractivity contribution in [2.75, 3.05) is 0 Å². The molecule has 0 aliphatic carbocycles. The van der Waals surface area contributed by atoms with Gasteiger partial charge >= 0.3 is 139 Å². The maximum absolute atomic E-state index is 12.4. The summed E-state index contributed by atoms with van der Waals surface area (Å²) in [6.45, 7) is 6.70. The van der Waals surface area contributed by atoms with E-state index in [1.807, 2.05) is 6.07 Å². The summed E-state index contributed by atoms with van der Waals surface area (Å²) in [5.41, 5.74) is 1.82. The van der Waals surface area contributed by atoms with E-state index in [4.69, 9.17) is 0 Å². The Kier molecular flexibility index (Phi) is 4.12. The Morgan fingerprint density at radius 1 is 0.957 bits per heavy atom. The summed E-state index contributed by atoms with van der Waals surface area (Å²) >= 11 is -2.05. The standard InChI is InChI=1S/C19H20GeNO2/c1-4-20(5-2,6-3)12-11-14-13-17(14)21-18(22)15-9-7-8-10-16(15)19(21)23/h7-10,13H,4-6H2,1-3H3/q+1. The van der Waals surface area contributed by atoms with Crippen LogP contribution in [0.15, 0.2) is 30.3 Å². The number of carbonyl (C=O) groups excluding carboxylic acids is 2. The van der Waals surface area contributed by atoms with E-state index in [-0.39, 0.29) is 11.8 Å². The molecule has 1 heterocycles. The van der Waals surface area contributed by atoms with E-state index in [1.165, 1.54) is 20.3 Å². The van der Waals surface area contributed by atoms with E-state index in [1.54, 1.807) is 24.3 Å². The molecule has 0 atom stereocenters. The van der Waals surface area contributed by atoms with E-state index in [9.17, 15) is 9.59 Å². The van der Waals surface area contributed by atoms with Crippen molar-refractivity contribution in [1.82, 2.24) is 4.58 Å². The molecule has 3 rings (SSSR count). The molecule has 3 nitrogen and oxygen atoms in total. The number of carbonyl (C=O) groups is 2. The van der Waals surface area contributed by atoms with Gasteiger partial charge in [0.15, 0.2) is 0 Å². The van der Waals surface area contributed by atoms with Crippen molar-refractivity contribution in [2.24, 2.45) is 0 Å². The van der Waals surface area contributed by atoms with Crippen LogP contribution in [0.5, 0.6) is 0 Å². The van der Waals surface area contributed by atoms with Crippen molar-refractivity contribution in [3.63, 3.8) is 0 Å². The van der Waals surface area contributed by atoms with E-state index in [2.05, 4.69) is 31.4 Å². The third-order valence-electron chi connectivity index (χ3n) is 5.00. The minimum atomic E-state index is -2.05. The first-order chi connectivity index (χ1) is 11.1. The zero-order valence-electron chi connectivity index (χ0n) is 13.8. The molecule has 0 bridgehead atoms. The summed E-state index contributed by atoms with van der Waals surface area (Å²) in [4.78, 5) is 24.8. The summed E-state index contributed by atoms with van der Waals surface area (Å²) in [6, 6.07) is 8.82. The predicted molar refractivity (Wildman–Crippen MR) is 93.3 cm³/mol. The molecular weight excluding hydrogens is 347 g/mol. The molecule has 4 heteroatoms. The van der Waals surface area contributed by atoms with Crippen LogP contribution in [0.25, 0.3) is 0 Å². The molecule has 2 aromatic carbocycles. The molecule has 0 saturated heterocycles. The van der Waals surface area contributed by atoms with Gasteiger partial charge in [0.05, 0.1) is 0 Å². The molecule has 0 saturated carbocycles. The molecule has 23 heavy (non-hydrogen) atoms. The van der Waals surface area contributed by atoms with Gasteiger partial charge in [-0.25, -0.2) is 0 Å². The van der Waals surface area contributed by atoms with Crippen LogP contribution in [-0.2, 0) is 0 Å². The second kappa shape index (κ2) is 5.94. The van der Waals surface area contributed by atoms with Crippen LogP contribution in [0, 0.1) is 10.7 Å². The van der Waals surface area contributed by atoms with E-state index in [0.717, 1.165) is 5.56 Å². The van der Waals surface area contributed by atoms with Crippen LogP contribution in [0.2, 0.25) is 15.8 Å². The van der Waals surface area contributed by atoms with Gasteiger partial charge in [-0.05, 0) is 0 Å². The number of imide groups is 1. The summed E-state index contributed by atoms with van der Waals surface area (Å²) in [7, 11) is 0. The number of hydrogen-bond donors (Lipinski definition) is 0. The average Bonchev–Trinajstić information content (AvgIpc) is 3.30. The third-order valence-corrected chi connectivity index (χ3v) is 14.9. The normalized spacial score (nSPS) is 14.1. The number of hydrogen-bond acceptors (Lipinski definition) is 2. The Morgan fingerprint density at radius 3 is 1.96 bits per heavy atom. The number of benzene rings is 1. The Balaban J connectivity index is 1.99. The Hall–Kier alpha value is -1.93. The second-order valence-electron chi connectivity index (χ2n) is 6.03. The fourth-order valence-corrected chi connectivity index (χ4v) is 8.11. The number of nitrogens with zero attached hydrogens (tertiary/aromatic N) is 1. The molecule has 116 valence electrons. The molecule has 1 aliphatic rings. The fraction of sp³-hybridized carbons (Fsp3) is 0.316. The first-order valence-corrected chi connectivity index (χ1v) is 13.7. The molecule has 0 unspecified atom stereocenters. The van der Waals surface area contributed by atoms with Crippen molar-refractivity contribution in [3.8, 4) is 10.7 Å². The van der Waals surface area contributed by atoms with Gasteiger partial charge in [0, 0.05) is 0 Å². The molecule has 0 aromatic heterocycles. The molecule has 1 aliphatic heterocycles. The number of amides is 2. The summed E-state index contributed by atoms with van der Waals surface area (Å²) in [5.74, 6) is 2.79. The number of fused-ring (bicyclic) bond motifs is 1. The van der Waals surface area contributed by atoms with Crippen LogP contribution < -0.4 is 9.93 Å². The van der Waals surface area contributed by atoms with Gasteiger partial charge in [-0.3, -0.25) is 0 Å². The molecule has 0 radical (unpaired) electrons. The quantitative estimate of drug-likeness (QED) is 0.362. The van der Waals surface area contributed by atoms with Crippen LogP contribution in [0.4, 0.5) is 0 Å². The maximum atomic E-state index is 12.4. The fourth-order valence-electron chi connectivity index (χ4n) is 3.01. The number of rotatable bonds is 3. The molecule has 2 aromatic rings. The third kappa shape index (κ3) is 2.61. The summed E-state index contributed by atoms with van der Waals surface area (Å²) in [5, 5.41) is 4.25. The molecule has 0 spiro atoms. The van der Waals surface area contributed by atoms with Gasteiger partial charge in [-0.2, -0.15) is 0 Å². The predicted octanol–water partition coefficient (Wildman–Crippen LogP) is 2.73.